The monoisotopic (exact) mass is 150 g/mol. The molecule has 1 N–H and O–H groups in total. The van der Waals surface area contributed by atoms with Gasteiger partial charge in [-0.3, -0.25) is 0 Å². The van der Waals surface area contributed by atoms with Gasteiger partial charge in [0.05, 0.1) is 6.61 Å². The fraction of sp³-hybridized carbons (Fsp3) is 0.500. The Labute approximate surface area is 45.8 Å². The third-order valence-corrected chi connectivity index (χ3v) is 1.21. The molecule has 0 aromatic rings. The van der Waals surface area contributed by atoms with E-state index in [1.54, 1.807) is 0 Å². The molecule has 0 spiro atoms. The van der Waals surface area contributed by atoms with Crippen LogP contribution in [-0.2, 0) is 0 Å². The molecule has 0 atom stereocenters. The minimum atomic E-state index is 0.0885. The quantitative estimate of drug-likeness (QED) is 0.459. The molecule has 6 heavy (non-hydrogen) atoms. The summed E-state index contributed by atoms with van der Waals surface area (Å²) in [5, 5.41) is 8.90. The number of rotatable bonds is 2. The largest absolute Gasteiger partial charge is 0.392 e. The highest BCUT2D eigenvalue weighted by molar-refractivity contribution is 9.09. The van der Waals surface area contributed by atoms with Gasteiger partial charge >= 0.3 is 0 Å². The van der Waals surface area contributed by atoms with Gasteiger partial charge in [-0.1, -0.05) is 22.5 Å². The Morgan fingerprint density at radius 2 is 2.33 bits per heavy atom. The van der Waals surface area contributed by atoms with Crippen molar-refractivity contribution in [3.05, 3.63) is 12.2 Å². The molecule has 1 nitrogen and oxygen atoms in total. The van der Waals surface area contributed by atoms with Crippen molar-refractivity contribution in [2.24, 2.45) is 0 Å². The van der Waals surface area contributed by atoms with E-state index < -0.39 is 0 Å². The fourth-order valence-corrected chi connectivity index (χ4v) is 0.220. The van der Waals surface area contributed by atoms with Crippen LogP contribution in [0.1, 0.15) is 0 Å². The molecule has 0 aliphatic carbocycles. The first-order chi connectivity index (χ1) is 2.81. The summed E-state index contributed by atoms with van der Waals surface area (Å²) >= 11 is 3.12. The van der Waals surface area contributed by atoms with Crippen molar-refractivity contribution in [1.29, 1.82) is 0 Å². The normalized spacial score (nSPS) is 8.33. The molecule has 0 aromatic carbocycles. The predicted octanol–water partition coefficient (Wildman–Crippen LogP) is 0.930. The van der Waals surface area contributed by atoms with E-state index in [0.29, 0.717) is 5.33 Å². The minimum absolute atomic E-state index is 0.0885. The molecular formula is C4H7BrO. The van der Waals surface area contributed by atoms with Gasteiger partial charge in [-0.2, -0.15) is 0 Å². The van der Waals surface area contributed by atoms with Crippen LogP contribution < -0.4 is 0 Å². The van der Waals surface area contributed by atoms with Crippen LogP contribution in [0.4, 0.5) is 0 Å². The van der Waals surface area contributed by atoms with Crippen LogP contribution in [-0.4, -0.2) is 17.0 Å². The maximum atomic E-state index is 8.21. The summed E-state index contributed by atoms with van der Waals surface area (Å²) in [6.07, 6.45) is 0. The Morgan fingerprint density at radius 3 is 2.33 bits per heavy atom. The summed E-state index contributed by atoms with van der Waals surface area (Å²) in [7, 11) is 0. The lowest BCUT2D eigenvalue weighted by molar-refractivity contribution is 0.333. The first-order valence-corrected chi connectivity index (χ1v) is 2.77. The molecule has 0 unspecified atom stereocenters. The van der Waals surface area contributed by atoms with Crippen molar-refractivity contribution in [2.45, 2.75) is 0 Å². The summed E-state index contributed by atoms with van der Waals surface area (Å²) in [6.45, 7) is 3.58. The third-order valence-electron chi connectivity index (χ3n) is 0.413. The van der Waals surface area contributed by atoms with E-state index >= 15 is 0 Å². The van der Waals surface area contributed by atoms with E-state index in [4.69, 9.17) is 5.11 Å². The summed E-state index contributed by atoms with van der Waals surface area (Å²) in [6, 6.07) is 0. The number of alkyl halides is 1. The minimum Gasteiger partial charge on any atom is -0.392 e. The van der Waals surface area contributed by atoms with Crippen LogP contribution in [0.3, 0.4) is 0 Å². The number of aliphatic hydroxyl groups is 1. The van der Waals surface area contributed by atoms with Gasteiger partial charge in [-0.05, 0) is 5.57 Å². The predicted molar refractivity (Wildman–Crippen MR) is 30.0 cm³/mol. The molecular weight excluding hydrogens is 144 g/mol. The van der Waals surface area contributed by atoms with Gasteiger partial charge < -0.3 is 5.11 Å². The lowest BCUT2D eigenvalue weighted by Gasteiger charge is -1.87. The SMILES string of the molecule is C=C(CO)CBr. The van der Waals surface area contributed by atoms with Crippen LogP contribution in [0.15, 0.2) is 12.2 Å². The van der Waals surface area contributed by atoms with E-state index in [2.05, 4.69) is 22.5 Å². The van der Waals surface area contributed by atoms with Gasteiger partial charge in [0.1, 0.15) is 0 Å². The molecule has 0 aliphatic rings. The van der Waals surface area contributed by atoms with Gasteiger partial charge in [-0.25, -0.2) is 0 Å². The van der Waals surface area contributed by atoms with Crippen LogP contribution in [0.2, 0.25) is 0 Å². The number of hydrogen-bond donors (Lipinski definition) is 1. The van der Waals surface area contributed by atoms with Crippen LogP contribution in [0.25, 0.3) is 0 Å². The van der Waals surface area contributed by atoms with Gasteiger partial charge in [0.25, 0.3) is 0 Å². The van der Waals surface area contributed by atoms with E-state index in [9.17, 15) is 0 Å². The highest BCUT2D eigenvalue weighted by atomic mass is 79.9. The summed E-state index contributed by atoms with van der Waals surface area (Å²) in [5.74, 6) is 0. The molecule has 0 amide bonds. The van der Waals surface area contributed by atoms with E-state index in [0.717, 1.165) is 5.57 Å². The standard InChI is InChI=1S/C4H7BrO/c1-4(2-5)3-6/h6H,1-3H2. The Balaban J connectivity index is 2.99. The average Bonchev–Trinajstić information content (AvgIpc) is 1.65. The number of aliphatic hydroxyl groups excluding tert-OH is 1. The van der Waals surface area contributed by atoms with Gasteiger partial charge in [0.2, 0.25) is 0 Å². The number of halogens is 1. The highest BCUT2D eigenvalue weighted by Crippen LogP contribution is 1.91. The summed E-state index contributed by atoms with van der Waals surface area (Å²) in [5.41, 5.74) is 0.815. The Bertz CT molecular complexity index is 45.5. The van der Waals surface area contributed by atoms with E-state index in [-0.39, 0.29) is 6.61 Å². The van der Waals surface area contributed by atoms with Crippen molar-refractivity contribution >= 4 is 15.9 Å². The fourth-order valence-electron chi connectivity index (χ4n) is 0.0423. The highest BCUT2D eigenvalue weighted by Gasteiger charge is 1.81. The Morgan fingerprint density at radius 1 is 1.83 bits per heavy atom. The van der Waals surface area contributed by atoms with E-state index in [1.165, 1.54) is 0 Å². The lowest BCUT2D eigenvalue weighted by Crippen LogP contribution is -1.86. The smallest absolute Gasteiger partial charge is 0.0647 e. The zero-order valence-electron chi connectivity index (χ0n) is 3.45. The molecule has 0 bridgehead atoms. The molecule has 0 radical (unpaired) electrons. The molecule has 0 aromatic heterocycles. The van der Waals surface area contributed by atoms with Crippen molar-refractivity contribution in [3.8, 4) is 0 Å². The molecule has 0 saturated carbocycles. The zero-order chi connectivity index (χ0) is 4.99. The average molecular weight is 151 g/mol. The van der Waals surface area contributed by atoms with Crippen molar-refractivity contribution in [3.63, 3.8) is 0 Å². The second kappa shape index (κ2) is 3.37. The second-order valence-corrected chi connectivity index (χ2v) is 1.60. The Kier molecular flexibility index (Phi) is 3.47. The molecule has 0 aliphatic heterocycles. The van der Waals surface area contributed by atoms with Crippen molar-refractivity contribution in [1.82, 2.24) is 0 Å². The maximum Gasteiger partial charge on any atom is 0.0647 e. The van der Waals surface area contributed by atoms with Crippen molar-refractivity contribution < 1.29 is 5.11 Å². The molecule has 0 fully saturated rings. The number of hydrogen-bond acceptors (Lipinski definition) is 1. The zero-order valence-corrected chi connectivity index (χ0v) is 5.03. The molecule has 0 rings (SSSR count). The van der Waals surface area contributed by atoms with E-state index in [1.807, 2.05) is 0 Å². The summed E-state index contributed by atoms with van der Waals surface area (Å²) in [4.78, 5) is 0. The van der Waals surface area contributed by atoms with Crippen LogP contribution in [0, 0.1) is 0 Å². The molecule has 0 saturated heterocycles. The lowest BCUT2D eigenvalue weighted by atomic mass is 10.4. The first-order valence-electron chi connectivity index (χ1n) is 1.64. The van der Waals surface area contributed by atoms with Gasteiger partial charge in [0, 0.05) is 5.33 Å². The molecule has 0 heterocycles. The van der Waals surface area contributed by atoms with Crippen molar-refractivity contribution in [2.75, 3.05) is 11.9 Å². The van der Waals surface area contributed by atoms with Crippen LogP contribution >= 0.6 is 15.9 Å². The van der Waals surface area contributed by atoms with Gasteiger partial charge in [-0.15, -0.1) is 0 Å². The molecule has 36 valence electrons. The van der Waals surface area contributed by atoms with Crippen LogP contribution in [0.5, 0.6) is 0 Å². The first kappa shape index (κ1) is 6.18. The third kappa shape index (κ3) is 2.42. The Hall–Kier alpha value is 0.180. The second-order valence-electron chi connectivity index (χ2n) is 1.04. The maximum absolute atomic E-state index is 8.21. The molecule has 2 heteroatoms. The van der Waals surface area contributed by atoms with Gasteiger partial charge in [0.15, 0.2) is 0 Å². The summed E-state index contributed by atoms with van der Waals surface area (Å²) < 4.78 is 0. The topological polar surface area (TPSA) is 20.2 Å².